The molecule has 0 bridgehead atoms. The number of hydrogen-bond donors (Lipinski definition) is 4. The van der Waals surface area contributed by atoms with Gasteiger partial charge in [-0.2, -0.15) is 0 Å². The van der Waals surface area contributed by atoms with Gasteiger partial charge in [0, 0.05) is 32.0 Å². The molecule has 4 rings (SSSR count). The van der Waals surface area contributed by atoms with E-state index in [0.717, 1.165) is 17.0 Å². The number of aromatic amines is 1. The molecular formula is C26H33F4N7O. The number of rotatable bonds is 9. The minimum atomic E-state index is -2.87. The summed E-state index contributed by atoms with van der Waals surface area (Å²) in [5.41, 5.74) is 0.284. The number of benzene rings is 2. The van der Waals surface area contributed by atoms with Crippen molar-refractivity contribution in [3.05, 3.63) is 59.4 Å². The molecule has 1 fully saturated rings. The Hall–Kier alpha value is -3.70. The van der Waals surface area contributed by atoms with Crippen LogP contribution in [-0.4, -0.2) is 40.1 Å². The molecule has 12 heteroatoms. The Labute approximate surface area is 218 Å². The lowest BCUT2D eigenvalue weighted by Crippen LogP contribution is -2.53. The lowest BCUT2D eigenvalue weighted by Gasteiger charge is -2.47. The van der Waals surface area contributed by atoms with Crippen LogP contribution < -0.4 is 21.4 Å². The van der Waals surface area contributed by atoms with E-state index in [2.05, 4.69) is 53.4 Å². The Morgan fingerprint density at radius 2 is 1.66 bits per heavy atom. The molecule has 0 spiro atoms. The molecule has 1 aliphatic rings. The number of urea groups is 1. The molecule has 0 radical (unpaired) electrons. The minimum absolute atomic E-state index is 0.200. The van der Waals surface area contributed by atoms with E-state index in [-0.39, 0.29) is 5.69 Å². The van der Waals surface area contributed by atoms with E-state index in [9.17, 15) is 22.4 Å². The SMILES string of the molecule is CC(C)CN(CC(C)C)c1ccc(C2(c3nn(N)[nH]3)CC(F)(F)C2)cc1NC(=O)Nc1ccc(F)cc1F. The summed E-state index contributed by atoms with van der Waals surface area (Å²) in [6.45, 7) is 9.65. The number of carbonyl (C=O) groups excluding carboxylic acids is 1. The smallest absolute Gasteiger partial charge is 0.323 e. The third-order valence-corrected chi connectivity index (χ3v) is 6.49. The number of nitrogens with one attached hydrogen (secondary N) is 3. The van der Waals surface area contributed by atoms with Crippen molar-refractivity contribution in [3.63, 3.8) is 0 Å². The molecular weight excluding hydrogens is 502 g/mol. The Bertz CT molecular complexity index is 1270. The Kier molecular flexibility index (Phi) is 7.35. The average molecular weight is 536 g/mol. The highest BCUT2D eigenvalue weighted by atomic mass is 19.3. The molecule has 38 heavy (non-hydrogen) atoms. The lowest BCUT2D eigenvalue weighted by atomic mass is 9.61. The summed E-state index contributed by atoms with van der Waals surface area (Å²) in [7, 11) is 0. The van der Waals surface area contributed by atoms with Crippen LogP contribution in [0.3, 0.4) is 0 Å². The summed E-state index contributed by atoms with van der Waals surface area (Å²) in [4.78, 5) is 16.0. The van der Waals surface area contributed by atoms with Gasteiger partial charge in [0.2, 0.25) is 0 Å². The average Bonchev–Trinajstić information content (AvgIpc) is 2.76. The van der Waals surface area contributed by atoms with Crippen molar-refractivity contribution in [2.75, 3.05) is 34.5 Å². The summed E-state index contributed by atoms with van der Waals surface area (Å²) < 4.78 is 55.8. The first kappa shape index (κ1) is 27.3. The van der Waals surface area contributed by atoms with E-state index in [1.165, 1.54) is 0 Å². The molecule has 1 heterocycles. The quantitative estimate of drug-likeness (QED) is 0.209. The number of aromatic nitrogens is 3. The maximum atomic E-state index is 14.2. The van der Waals surface area contributed by atoms with Gasteiger partial charge in [-0.15, -0.1) is 10.0 Å². The molecule has 3 aromatic rings. The second-order valence-electron chi connectivity index (χ2n) is 10.8. The molecule has 8 nitrogen and oxygen atoms in total. The van der Waals surface area contributed by atoms with Crippen molar-refractivity contribution in [2.45, 2.75) is 51.9 Å². The number of nitrogens with two attached hydrogens (primary N) is 1. The van der Waals surface area contributed by atoms with E-state index < -0.39 is 41.8 Å². The van der Waals surface area contributed by atoms with Gasteiger partial charge in [-0.25, -0.2) is 27.5 Å². The fourth-order valence-electron chi connectivity index (χ4n) is 4.99. The fraction of sp³-hybridized carbons (Fsp3) is 0.462. The molecule has 1 aromatic heterocycles. The topological polar surface area (TPSA) is 104 Å². The lowest BCUT2D eigenvalue weighted by molar-refractivity contribution is -0.118. The van der Waals surface area contributed by atoms with E-state index in [1.54, 1.807) is 18.2 Å². The van der Waals surface area contributed by atoms with E-state index >= 15 is 0 Å². The highest BCUT2D eigenvalue weighted by Gasteiger charge is 2.60. The summed E-state index contributed by atoms with van der Waals surface area (Å²) in [6.07, 6.45) is -0.930. The summed E-state index contributed by atoms with van der Waals surface area (Å²) in [5.74, 6) is 1.91. The van der Waals surface area contributed by atoms with Gasteiger partial charge in [0.05, 0.1) is 22.5 Å². The number of nitrogens with zero attached hydrogens (tertiary/aromatic N) is 3. The van der Waals surface area contributed by atoms with E-state index in [1.807, 2.05) is 0 Å². The molecule has 1 saturated carbocycles. The van der Waals surface area contributed by atoms with Gasteiger partial charge in [-0.05, 0) is 41.7 Å². The summed E-state index contributed by atoms with van der Waals surface area (Å²) in [5, 5.41) is 12.0. The van der Waals surface area contributed by atoms with Crippen LogP contribution in [-0.2, 0) is 5.41 Å². The van der Waals surface area contributed by atoms with Crippen molar-refractivity contribution >= 4 is 23.1 Å². The predicted octanol–water partition coefficient (Wildman–Crippen LogP) is 5.68. The number of alkyl halides is 2. The number of halogens is 4. The molecule has 2 amide bonds. The van der Waals surface area contributed by atoms with Crippen LogP contribution >= 0.6 is 0 Å². The van der Waals surface area contributed by atoms with Crippen molar-refractivity contribution in [1.29, 1.82) is 0 Å². The van der Waals surface area contributed by atoms with Crippen LogP contribution in [0.1, 0.15) is 51.9 Å². The molecule has 0 unspecified atom stereocenters. The molecule has 0 saturated heterocycles. The van der Waals surface area contributed by atoms with E-state index in [4.69, 9.17) is 5.84 Å². The van der Waals surface area contributed by atoms with Crippen molar-refractivity contribution in [3.8, 4) is 0 Å². The zero-order valence-corrected chi connectivity index (χ0v) is 21.8. The highest BCUT2D eigenvalue weighted by Crippen LogP contribution is 2.57. The van der Waals surface area contributed by atoms with Crippen LogP contribution in [0.2, 0.25) is 0 Å². The molecule has 206 valence electrons. The first-order valence-electron chi connectivity index (χ1n) is 12.5. The van der Waals surface area contributed by atoms with Gasteiger partial charge < -0.3 is 21.4 Å². The Balaban J connectivity index is 1.73. The molecule has 5 N–H and O–H groups in total. The second kappa shape index (κ2) is 10.2. The minimum Gasteiger partial charge on any atom is -0.369 e. The van der Waals surface area contributed by atoms with Crippen LogP contribution in [0.25, 0.3) is 0 Å². The zero-order valence-electron chi connectivity index (χ0n) is 21.8. The number of anilines is 3. The largest absolute Gasteiger partial charge is 0.369 e. The summed E-state index contributed by atoms with van der Waals surface area (Å²) >= 11 is 0. The summed E-state index contributed by atoms with van der Waals surface area (Å²) in [6, 6.07) is 7.28. The number of H-pyrrole nitrogens is 1. The number of carbonyl (C=O) groups is 1. The molecule has 0 atom stereocenters. The maximum absolute atomic E-state index is 14.2. The first-order valence-corrected chi connectivity index (χ1v) is 12.5. The van der Waals surface area contributed by atoms with Crippen molar-refractivity contribution in [1.82, 2.24) is 15.1 Å². The van der Waals surface area contributed by atoms with E-state index in [0.29, 0.717) is 53.8 Å². The van der Waals surface area contributed by atoms with Gasteiger partial charge in [0.1, 0.15) is 11.6 Å². The van der Waals surface area contributed by atoms with Crippen LogP contribution in [0.4, 0.5) is 39.4 Å². The van der Waals surface area contributed by atoms with Gasteiger partial charge in [0.15, 0.2) is 5.82 Å². The van der Waals surface area contributed by atoms with Crippen LogP contribution in [0, 0.1) is 23.5 Å². The fourth-order valence-corrected chi connectivity index (χ4v) is 4.99. The zero-order chi connectivity index (χ0) is 27.8. The first-order chi connectivity index (χ1) is 17.8. The standard InChI is InChI=1S/C26H33F4N7O/c1-15(2)11-36(12-16(3)4)22-8-5-17(25(13-26(29,30)14-25)23-34-37(31)35-23)9-21(22)33-24(38)32-20-7-6-18(27)10-19(20)28/h5-10,15-16H,11-14,31H2,1-4H3,(H,34,35)(H2,32,33,38). The van der Waals surface area contributed by atoms with Crippen molar-refractivity contribution in [2.24, 2.45) is 11.8 Å². The third-order valence-electron chi connectivity index (χ3n) is 6.49. The monoisotopic (exact) mass is 535 g/mol. The van der Waals surface area contributed by atoms with Crippen LogP contribution in [0.5, 0.6) is 0 Å². The maximum Gasteiger partial charge on any atom is 0.323 e. The number of amides is 2. The Morgan fingerprint density at radius 1 is 1.05 bits per heavy atom. The third kappa shape index (κ3) is 5.73. The highest BCUT2D eigenvalue weighted by molar-refractivity contribution is 6.02. The molecule has 0 aliphatic heterocycles. The van der Waals surface area contributed by atoms with Crippen molar-refractivity contribution < 1.29 is 22.4 Å². The van der Waals surface area contributed by atoms with Gasteiger partial charge in [-0.1, -0.05) is 33.8 Å². The van der Waals surface area contributed by atoms with Crippen LogP contribution in [0.15, 0.2) is 36.4 Å². The number of nitrogen functional groups attached to an aromatic ring is 1. The normalized spacial score (nSPS) is 15.9. The van der Waals surface area contributed by atoms with Gasteiger partial charge >= 0.3 is 6.03 Å². The predicted molar refractivity (Wildman–Crippen MR) is 139 cm³/mol. The Morgan fingerprint density at radius 3 is 2.18 bits per heavy atom. The van der Waals surface area contributed by atoms with Gasteiger partial charge in [0.25, 0.3) is 5.92 Å². The number of hydrogen-bond acceptors (Lipinski definition) is 4. The molecule has 1 aliphatic carbocycles. The molecule has 2 aromatic carbocycles. The van der Waals surface area contributed by atoms with Gasteiger partial charge in [-0.3, -0.25) is 0 Å². The second-order valence-corrected chi connectivity index (χ2v) is 10.8.